The monoisotopic (exact) mass is 552 g/mol. The highest BCUT2D eigenvalue weighted by Crippen LogP contribution is 2.26. The summed E-state index contributed by atoms with van der Waals surface area (Å²) in [5.74, 6) is 1.94. The molecule has 0 bridgehead atoms. The molecule has 1 aromatic heterocycles. The lowest BCUT2D eigenvalue weighted by molar-refractivity contribution is 0.0735. The minimum absolute atomic E-state index is 0.379. The van der Waals surface area contributed by atoms with Gasteiger partial charge in [0.2, 0.25) is 0 Å². The second kappa shape index (κ2) is 16.0. The summed E-state index contributed by atoms with van der Waals surface area (Å²) >= 11 is 1.94. The first-order valence-corrected chi connectivity index (χ1v) is 15.6. The van der Waals surface area contributed by atoms with Gasteiger partial charge in [-0.2, -0.15) is 0 Å². The predicted molar refractivity (Wildman–Crippen MR) is 167 cm³/mol. The van der Waals surface area contributed by atoms with Gasteiger partial charge in [0, 0.05) is 22.9 Å². The summed E-state index contributed by atoms with van der Waals surface area (Å²) in [7, 11) is 0. The predicted octanol–water partition coefficient (Wildman–Crippen LogP) is 9.82. The molecule has 0 aliphatic rings. The molecule has 0 atom stereocenters. The van der Waals surface area contributed by atoms with Gasteiger partial charge in [-0.05, 0) is 83.8 Å². The largest absolute Gasteiger partial charge is 0.423 e. The summed E-state index contributed by atoms with van der Waals surface area (Å²) in [6.07, 6.45) is 15.4. The van der Waals surface area contributed by atoms with Gasteiger partial charge in [0.25, 0.3) is 0 Å². The van der Waals surface area contributed by atoms with Crippen LogP contribution in [0, 0.1) is 0 Å². The Balaban J connectivity index is 1.22. The zero-order chi connectivity index (χ0) is 28.0. The van der Waals surface area contributed by atoms with E-state index in [4.69, 9.17) is 4.74 Å². The van der Waals surface area contributed by atoms with Crippen LogP contribution in [0.25, 0.3) is 22.5 Å². The Labute approximate surface area is 243 Å². The third kappa shape index (κ3) is 9.06. The molecule has 0 N–H and O–H groups in total. The minimum Gasteiger partial charge on any atom is -0.423 e. The van der Waals surface area contributed by atoms with E-state index in [0.717, 1.165) is 28.7 Å². The van der Waals surface area contributed by atoms with Crippen LogP contribution in [0.15, 0.2) is 90.1 Å². The topological polar surface area (TPSA) is 52.1 Å². The molecule has 208 valence electrons. The van der Waals surface area contributed by atoms with Gasteiger partial charge in [-0.15, -0.1) is 11.8 Å². The first-order valence-electron chi connectivity index (χ1n) is 14.6. The second-order valence-electron chi connectivity index (χ2n) is 10.1. The molecule has 5 heteroatoms. The highest BCUT2D eigenvalue weighted by atomic mass is 32.2. The summed E-state index contributed by atoms with van der Waals surface area (Å²) in [6, 6.07) is 23.6. The Morgan fingerprint density at radius 1 is 0.675 bits per heavy atom. The number of esters is 1. The van der Waals surface area contributed by atoms with E-state index >= 15 is 0 Å². The van der Waals surface area contributed by atoms with Gasteiger partial charge in [-0.3, -0.25) is 0 Å². The molecule has 1 heterocycles. The number of hydrogen-bond acceptors (Lipinski definition) is 5. The molecular weight excluding hydrogens is 512 g/mol. The number of carbonyl (C=O) groups is 1. The lowest BCUT2D eigenvalue weighted by Gasteiger charge is -2.08. The second-order valence-corrected chi connectivity index (χ2v) is 11.3. The van der Waals surface area contributed by atoms with E-state index in [0.29, 0.717) is 17.1 Å². The SMILES string of the molecule is CCCCCCCCCCSc1ccc(-c2ccc(C(=O)Oc3ccc(-c4ncc(CC)cn4)cc3)cc2)cc1. The standard InChI is InChI=1S/C35H40N2O2S/c1-3-5-6-7-8-9-10-11-24-40-33-22-18-29(19-23-33)28-12-14-31(15-13-28)35(38)39-32-20-16-30(17-21-32)34-36-25-27(4-2)26-37-34/h12-23,25-26H,3-11,24H2,1-2H3. The Morgan fingerprint density at radius 2 is 1.23 bits per heavy atom. The zero-order valence-corrected chi connectivity index (χ0v) is 24.6. The average molecular weight is 553 g/mol. The number of unbranched alkanes of at least 4 members (excludes halogenated alkanes) is 7. The molecular formula is C35H40N2O2S. The van der Waals surface area contributed by atoms with Crippen LogP contribution in [0.3, 0.4) is 0 Å². The Hall–Kier alpha value is -3.44. The summed E-state index contributed by atoms with van der Waals surface area (Å²) < 4.78 is 5.59. The van der Waals surface area contributed by atoms with E-state index in [1.54, 1.807) is 12.1 Å². The van der Waals surface area contributed by atoms with Crippen molar-refractivity contribution in [1.29, 1.82) is 0 Å². The van der Waals surface area contributed by atoms with Gasteiger partial charge < -0.3 is 4.74 Å². The van der Waals surface area contributed by atoms with E-state index in [-0.39, 0.29) is 5.97 Å². The van der Waals surface area contributed by atoms with Gasteiger partial charge in [-0.25, -0.2) is 14.8 Å². The summed E-state index contributed by atoms with van der Waals surface area (Å²) in [5.41, 5.74) is 4.71. The van der Waals surface area contributed by atoms with E-state index in [2.05, 4.69) is 48.1 Å². The normalized spacial score (nSPS) is 10.9. The van der Waals surface area contributed by atoms with Gasteiger partial charge >= 0.3 is 5.97 Å². The van der Waals surface area contributed by atoms with E-state index in [9.17, 15) is 4.79 Å². The molecule has 0 amide bonds. The molecule has 4 rings (SSSR count). The fourth-order valence-electron chi connectivity index (χ4n) is 4.49. The summed E-state index contributed by atoms with van der Waals surface area (Å²) in [6.45, 7) is 4.34. The molecule has 0 radical (unpaired) electrons. The zero-order valence-electron chi connectivity index (χ0n) is 23.8. The smallest absolute Gasteiger partial charge is 0.343 e. The first-order chi connectivity index (χ1) is 19.7. The highest BCUT2D eigenvalue weighted by molar-refractivity contribution is 7.99. The van der Waals surface area contributed by atoms with Crippen molar-refractivity contribution in [3.05, 3.63) is 96.3 Å². The van der Waals surface area contributed by atoms with Crippen LogP contribution in [0.1, 0.15) is 81.1 Å². The van der Waals surface area contributed by atoms with Crippen LogP contribution >= 0.6 is 11.8 Å². The van der Waals surface area contributed by atoms with Crippen LogP contribution in [0.2, 0.25) is 0 Å². The average Bonchev–Trinajstić information content (AvgIpc) is 3.01. The molecule has 0 spiro atoms. The number of rotatable bonds is 15. The number of thioether (sulfide) groups is 1. The fourth-order valence-corrected chi connectivity index (χ4v) is 5.41. The molecule has 0 aliphatic carbocycles. The maximum Gasteiger partial charge on any atom is 0.343 e. The van der Waals surface area contributed by atoms with Crippen molar-refractivity contribution in [2.45, 2.75) is 76.5 Å². The number of ether oxygens (including phenoxy) is 1. The molecule has 0 saturated carbocycles. The van der Waals surface area contributed by atoms with Crippen molar-refractivity contribution < 1.29 is 9.53 Å². The molecule has 40 heavy (non-hydrogen) atoms. The molecule has 0 saturated heterocycles. The van der Waals surface area contributed by atoms with Crippen molar-refractivity contribution in [2.24, 2.45) is 0 Å². The van der Waals surface area contributed by atoms with E-state index in [1.165, 1.54) is 62.0 Å². The van der Waals surface area contributed by atoms with Crippen molar-refractivity contribution in [3.8, 4) is 28.3 Å². The van der Waals surface area contributed by atoms with Crippen molar-refractivity contribution in [1.82, 2.24) is 9.97 Å². The van der Waals surface area contributed by atoms with Crippen LogP contribution in [0.4, 0.5) is 0 Å². The minimum atomic E-state index is -0.379. The quantitative estimate of drug-likeness (QED) is 0.0636. The number of benzene rings is 3. The maximum absolute atomic E-state index is 12.7. The van der Waals surface area contributed by atoms with E-state index in [1.807, 2.05) is 60.6 Å². The molecule has 4 aromatic rings. The van der Waals surface area contributed by atoms with Crippen molar-refractivity contribution >= 4 is 17.7 Å². The van der Waals surface area contributed by atoms with Gasteiger partial charge in [0.05, 0.1) is 5.56 Å². The van der Waals surface area contributed by atoms with E-state index < -0.39 is 0 Å². The van der Waals surface area contributed by atoms with Gasteiger partial charge in [0.15, 0.2) is 5.82 Å². The Morgan fingerprint density at radius 3 is 1.82 bits per heavy atom. The Kier molecular flexibility index (Phi) is 11.8. The molecule has 4 nitrogen and oxygen atoms in total. The number of aryl methyl sites for hydroxylation is 1. The van der Waals surface area contributed by atoms with Gasteiger partial charge in [-0.1, -0.05) is 83.1 Å². The van der Waals surface area contributed by atoms with Crippen molar-refractivity contribution in [3.63, 3.8) is 0 Å². The van der Waals surface area contributed by atoms with Crippen LogP contribution in [-0.2, 0) is 6.42 Å². The molecule has 0 fully saturated rings. The maximum atomic E-state index is 12.7. The first kappa shape index (κ1) is 29.5. The molecule has 0 aliphatic heterocycles. The lowest BCUT2D eigenvalue weighted by atomic mass is 10.0. The van der Waals surface area contributed by atoms with Gasteiger partial charge in [0.1, 0.15) is 5.75 Å². The third-order valence-electron chi connectivity index (χ3n) is 7.01. The number of carbonyl (C=O) groups excluding carboxylic acids is 1. The lowest BCUT2D eigenvalue weighted by Crippen LogP contribution is -2.08. The molecule has 0 unspecified atom stereocenters. The summed E-state index contributed by atoms with van der Waals surface area (Å²) in [5, 5.41) is 0. The van der Waals surface area contributed by atoms with Crippen LogP contribution in [0.5, 0.6) is 5.75 Å². The van der Waals surface area contributed by atoms with Crippen LogP contribution in [-0.4, -0.2) is 21.7 Å². The Bertz CT molecular complexity index is 1300. The molecule has 3 aromatic carbocycles. The number of aromatic nitrogens is 2. The third-order valence-corrected chi connectivity index (χ3v) is 8.11. The number of hydrogen-bond donors (Lipinski definition) is 0. The fraction of sp³-hybridized carbons (Fsp3) is 0.343. The van der Waals surface area contributed by atoms with Crippen molar-refractivity contribution in [2.75, 3.05) is 5.75 Å². The highest BCUT2D eigenvalue weighted by Gasteiger charge is 2.10. The van der Waals surface area contributed by atoms with Crippen LogP contribution < -0.4 is 4.74 Å². The summed E-state index contributed by atoms with van der Waals surface area (Å²) in [4.78, 5) is 22.8. The number of nitrogens with zero attached hydrogens (tertiary/aromatic N) is 2.